The van der Waals surface area contributed by atoms with Crippen molar-refractivity contribution in [3.8, 4) is 68.8 Å². The Labute approximate surface area is 395 Å². The molecule has 7 nitrogen and oxygen atoms in total. The molecule has 0 fully saturated rings. The van der Waals surface area contributed by atoms with Crippen molar-refractivity contribution in [2.75, 3.05) is 0 Å². The molecule has 68 heavy (non-hydrogen) atoms. The lowest BCUT2D eigenvalue weighted by atomic mass is 9.86. The van der Waals surface area contributed by atoms with Gasteiger partial charge in [0.15, 0.2) is 17.5 Å². The van der Waals surface area contributed by atoms with E-state index < -0.39 is 0 Å². The molecule has 0 aliphatic heterocycles. The molecule has 3 aromatic heterocycles. The van der Waals surface area contributed by atoms with Gasteiger partial charge in [0.2, 0.25) is 0 Å². The Bertz CT molecular complexity index is 3900. The fourth-order valence-electron chi connectivity index (χ4n) is 9.60. The number of rotatable bonds is 6. The van der Waals surface area contributed by atoms with E-state index in [2.05, 4.69) is 154 Å². The number of nitrogens with zero attached hydrogens (tertiary/aromatic N) is 7. The van der Waals surface area contributed by atoms with E-state index in [4.69, 9.17) is 15.0 Å². The van der Waals surface area contributed by atoms with Crippen molar-refractivity contribution < 1.29 is 0 Å². The summed E-state index contributed by atoms with van der Waals surface area (Å²) in [7, 11) is 0. The van der Waals surface area contributed by atoms with E-state index in [1.807, 2.05) is 84.9 Å². The smallest absolute Gasteiger partial charge is 0.164 e. The molecule has 3 heterocycles. The molecule has 0 aliphatic rings. The summed E-state index contributed by atoms with van der Waals surface area (Å²) >= 11 is 0. The SMILES string of the molecule is CC(C)(C)c1ccc2c(c1)c1ccccc1n2-c1cc(-c2nc(-c3ccccc3)nc(-c3ccc(-c4ccccc4C#N)c(-n4c5ccccc5c5cc(C(C)(C)C)ccc54)c3)n2)ccc1C#N. The van der Waals surface area contributed by atoms with Crippen LogP contribution in [-0.4, -0.2) is 24.1 Å². The Hall–Kier alpha value is -8.65. The summed E-state index contributed by atoms with van der Waals surface area (Å²) in [4.78, 5) is 15.6. The first-order valence-corrected chi connectivity index (χ1v) is 23.0. The summed E-state index contributed by atoms with van der Waals surface area (Å²) in [6, 6.07) is 65.1. The highest BCUT2D eigenvalue weighted by Crippen LogP contribution is 2.42. The minimum absolute atomic E-state index is 0.0379. The molecule has 0 radical (unpaired) electrons. The van der Waals surface area contributed by atoms with Gasteiger partial charge in [-0.2, -0.15) is 10.5 Å². The van der Waals surface area contributed by atoms with Crippen molar-refractivity contribution >= 4 is 43.6 Å². The maximum Gasteiger partial charge on any atom is 0.164 e. The molecule has 11 rings (SSSR count). The molecule has 0 amide bonds. The third kappa shape index (κ3) is 7.08. The second kappa shape index (κ2) is 16.0. The number of benzene rings is 8. The number of aromatic nitrogens is 5. The number of fused-ring (bicyclic) bond motifs is 6. The van der Waals surface area contributed by atoms with Crippen molar-refractivity contribution in [1.29, 1.82) is 10.5 Å². The molecule has 0 saturated heterocycles. The zero-order chi connectivity index (χ0) is 46.9. The Morgan fingerprint density at radius 1 is 0.368 bits per heavy atom. The van der Waals surface area contributed by atoms with Crippen LogP contribution in [0.5, 0.6) is 0 Å². The van der Waals surface area contributed by atoms with Crippen molar-refractivity contribution in [2.24, 2.45) is 0 Å². The topological polar surface area (TPSA) is 96.1 Å². The summed E-state index contributed by atoms with van der Waals surface area (Å²) in [5.41, 5.74) is 13.4. The van der Waals surface area contributed by atoms with Gasteiger partial charge in [-0.15, -0.1) is 0 Å². The largest absolute Gasteiger partial charge is 0.309 e. The fourth-order valence-corrected chi connectivity index (χ4v) is 9.60. The van der Waals surface area contributed by atoms with E-state index in [9.17, 15) is 10.5 Å². The van der Waals surface area contributed by atoms with Gasteiger partial charge in [0.25, 0.3) is 0 Å². The van der Waals surface area contributed by atoms with Gasteiger partial charge in [-0.3, -0.25) is 0 Å². The molecule has 0 aliphatic carbocycles. The number of para-hydroxylation sites is 2. The summed E-state index contributed by atoms with van der Waals surface area (Å²) in [6.45, 7) is 13.4. The molecule has 326 valence electrons. The van der Waals surface area contributed by atoms with Gasteiger partial charge in [0.1, 0.15) is 6.07 Å². The third-order valence-corrected chi connectivity index (χ3v) is 13.2. The fraction of sp³-hybridized carbons (Fsp3) is 0.131. The highest BCUT2D eigenvalue weighted by atomic mass is 15.0. The van der Waals surface area contributed by atoms with Gasteiger partial charge < -0.3 is 9.13 Å². The van der Waals surface area contributed by atoms with E-state index in [1.54, 1.807) is 0 Å². The standard InChI is InChI=1S/C61H47N7/c1-60(2,3)43-27-30-53-49(34-43)46-20-12-14-22-51(46)67(53)55-32-39(24-25-42(55)37-63)58-64-57(38-16-8-7-9-17-38)65-59(66-58)40-26-29-48(45-19-11-10-18-41(45)36-62)56(33-40)68-52-23-15-13-21-47(52)50-35-44(61(4,5)6)28-31-54(50)68/h7-35H,1-6H3. The molecule has 0 bridgehead atoms. The van der Waals surface area contributed by atoms with Crippen molar-refractivity contribution in [2.45, 2.75) is 52.4 Å². The summed E-state index contributed by atoms with van der Waals surface area (Å²) in [5.74, 6) is 1.49. The van der Waals surface area contributed by atoms with Crippen molar-refractivity contribution in [1.82, 2.24) is 24.1 Å². The molecule has 0 spiro atoms. The lowest BCUT2D eigenvalue weighted by Crippen LogP contribution is -2.10. The lowest BCUT2D eigenvalue weighted by molar-refractivity contribution is 0.591. The Morgan fingerprint density at radius 2 is 0.824 bits per heavy atom. The number of nitriles is 2. The van der Waals surface area contributed by atoms with E-state index in [-0.39, 0.29) is 10.8 Å². The van der Waals surface area contributed by atoms with E-state index in [0.29, 0.717) is 28.6 Å². The second-order valence-electron chi connectivity index (χ2n) is 19.6. The molecule has 0 N–H and O–H groups in total. The molecule has 8 aromatic carbocycles. The predicted molar refractivity (Wildman–Crippen MR) is 277 cm³/mol. The quantitative estimate of drug-likeness (QED) is 0.166. The zero-order valence-electron chi connectivity index (χ0n) is 38.9. The predicted octanol–water partition coefficient (Wildman–Crippen LogP) is 15.1. The Morgan fingerprint density at radius 3 is 1.38 bits per heavy atom. The van der Waals surface area contributed by atoms with Crippen LogP contribution in [-0.2, 0) is 10.8 Å². The van der Waals surface area contributed by atoms with Crippen LogP contribution in [0.25, 0.3) is 100 Å². The maximum atomic E-state index is 10.7. The maximum absolute atomic E-state index is 10.7. The first kappa shape index (κ1) is 42.0. The Balaban J connectivity index is 1.15. The zero-order valence-corrected chi connectivity index (χ0v) is 38.9. The summed E-state index contributed by atoms with van der Waals surface area (Å²) in [6.07, 6.45) is 0. The van der Waals surface area contributed by atoms with E-state index >= 15 is 0 Å². The van der Waals surface area contributed by atoms with Crippen LogP contribution in [0.3, 0.4) is 0 Å². The molecular formula is C61H47N7. The van der Waals surface area contributed by atoms with Gasteiger partial charge in [-0.1, -0.05) is 151 Å². The van der Waals surface area contributed by atoms with Gasteiger partial charge in [-0.05, 0) is 88.7 Å². The van der Waals surface area contributed by atoms with Crippen LogP contribution in [0, 0.1) is 22.7 Å². The molecule has 0 saturated carbocycles. The minimum Gasteiger partial charge on any atom is -0.309 e. The highest BCUT2D eigenvalue weighted by molar-refractivity contribution is 6.11. The van der Waals surface area contributed by atoms with Crippen LogP contribution >= 0.6 is 0 Å². The van der Waals surface area contributed by atoms with Crippen LogP contribution in [0.2, 0.25) is 0 Å². The second-order valence-corrected chi connectivity index (χ2v) is 19.6. The highest BCUT2D eigenvalue weighted by Gasteiger charge is 2.24. The normalized spacial score (nSPS) is 11.9. The number of hydrogen-bond acceptors (Lipinski definition) is 5. The average Bonchev–Trinajstić information content (AvgIpc) is 3.87. The first-order valence-electron chi connectivity index (χ1n) is 23.0. The van der Waals surface area contributed by atoms with Crippen LogP contribution in [0.1, 0.15) is 63.8 Å². The van der Waals surface area contributed by atoms with Gasteiger partial charge in [0, 0.05) is 49.4 Å². The summed E-state index contributed by atoms with van der Waals surface area (Å²) < 4.78 is 4.51. The molecule has 11 aromatic rings. The minimum atomic E-state index is -0.0453. The van der Waals surface area contributed by atoms with Gasteiger partial charge in [-0.25, -0.2) is 15.0 Å². The molecule has 0 unspecified atom stereocenters. The summed E-state index contributed by atoms with van der Waals surface area (Å²) in [5, 5.41) is 25.6. The van der Waals surface area contributed by atoms with Crippen LogP contribution < -0.4 is 0 Å². The number of hydrogen-bond donors (Lipinski definition) is 0. The molecular weight excluding hydrogens is 831 g/mol. The monoisotopic (exact) mass is 877 g/mol. The third-order valence-electron chi connectivity index (χ3n) is 13.2. The van der Waals surface area contributed by atoms with Crippen molar-refractivity contribution in [3.05, 3.63) is 198 Å². The van der Waals surface area contributed by atoms with Crippen LogP contribution in [0.4, 0.5) is 0 Å². The van der Waals surface area contributed by atoms with E-state index in [0.717, 1.165) is 82.8 Å². The first-order chi connectivity index (χ1) is 32.9. The Kier molecular flexibility index (Phi) is 9.92. The van der Waals surface area contributed by atoms with Crippen LogP contribution in [0.15, 0.2) is 176 Å². The van der Waals surface area contributed by atoms with Crippen molar-refractivity contribution in [3.63, 3.8) is 0 Å². The lowest BCUT2D eigenvalue weighted by Gasteiger charge is -2.20. The molecule has 7 heteroatoms. The van der Waals surface area contributed by atoms with Gasteiger partial charge >= 0.3 is 0 Å². The van der Waals surface area contributed by atoms with Gasteiger partial charge in [0.05, 0.1) is 50.6 Å². The van der Waals surface area contributed by atoms with E-state index in [1.165, 1.54) is 11.1 Å². The molecule has 0 atom stereocenters. The average molecular weight is 878 g/mol.